The molecular weight excluding hydrogens is 476 g/mol. The van der Waals surface area contributed by atoms with Crippen molar-refractivity contribution in [3.05, 3.63) is 58.6 Å². The smallest absolute Gasteiger partial charge is 0.448 e. The first-order valence-corrected chi connectivity index (χ1v) is 9.52. The number of rotatable bonds is 5. The van der Waals surface area contributed by atoms with E-state index in [4.69, 9.17) is 10.5 Å². The highest BCUT2D eigenvalue weighted by atomic mass is 19.4. The molecule has 8 nitrogen and oxygen atoms in total. The fourth-order valence-corrected chi connectivity index (χ4v) is 3.81. The van der Waals surface area contributed by atoms with Gasteiger partial charge in [0.2, 0.25) is 5.82 Å². The largest absolute Gasteiger partial charge is 0.618 e. The molecule has 3 N–H and O–H groups in total. The summed E-state index contributed by atoms with van der Waals surface area (Å²) in [7, 11) is 0.914. The number of hydrogen-bond donors (Lipinski definition) is 2. The lowest BCUT2D eigenvalue weighted by atomic mass is 9.81. The van der Waals surface area contributed by atoms with Gasteiger partial charge >= 0.3 is 17.9 Å². The zero-order valence-corrected chi connectivity index (χ0v) is 17.5. The van der Waals surface area contributed by atoms with Gasteiger partial charge in [-0.3, -0.25) is 9.59 Å². The molecule has 1 fully saturated rings. The van der Waals surface area contributed by atoms with Crippen LogP contribution in [0.2, 0.25) is 0 Å². The number of nitrogens with one attached hydrogen (secondary N) is 1. The molecule has 1 aliphatic rings. The van der Waals surface area contributed by atoms with E-state index >= 15 is 4.39 Å². The highest BCUT2D eigenvalue weighted by Crippen LogP contribution is 2.55. The molecule has 2 amide bonds. The SMILES string of the molecule is COc1c([C@@H]2[C@H](C(=O)Nc3cc[n+]([O-])c(C(N)=O)c3)O[C@](F)(C(F)(F)F)[C@H]2C)ccc(F)c1F. The van der Waals surface area contributed by atoms with E-state index in [-0.39, 0.29) is 10.4 Å². The summed E-state index contributed by atoms with van der Waals surface area (Å²) in [5, 5.41) is 13.7. The van der Waals surface area contributed by atoms with Crippen molar-refractivity contribution in [2.75, 3.05) is 12.4 Å². The number of benzene rings is 1. The molecule has 2 heterocycles. The molecule has 0 radical (unpaired) electrons. The average Bonchev–Trinajstić information content (AvgIpc) is 3.03. The van der Waals surface area contributed by atoms with Gasteiger partial charge in [0.05, 0.1) is 12.8 Å². The molecule has 1 aromatic heterocycles. The van der Waals surface area contributed by atoms with Gasteiger partial charge in [-0.05, 0) is 6.07 Å². The van der Waals surface area contributed by atoms with Crippen LogP contribution in [0.5, 0.6) is 5.75 Å². The zero-order valence-electron chi connectivity index (χ0n) is 17.5. The normalized spacial score (nSPS) is 24.6. The van der Waals surface area contributed by atoms with Crippen LogP contribution in [0.15, 0.2) is 30.5 Å². The molecule has 2 aromatic rings. The minimum absolute atomic E-state index is 0.0807. The second kappa shape index (κ2) is 8.66. The topological polar surface area (TPSA) is 118 Å². The second-order valence-corrected chi connectivity index (χ2v) is 7.46. The number of anilines is 1. The molecule has 0 spiro atoms. The standard InChI is InChI=1S/C20H17F6N3O5/c1-8-13(10-3-4-11(21)14(22)15(10)33-2)16(34-19(8,23)20(24,25)26)18(31)28-9-5-6-29(32)12(7-9)17(27)30/h3-8,13,16H,1-2H3,(H2,27,30)(H,28,31)/t8-,13+,16+,19-/m0/s1. The minimum atomic E-state index is -5.59. The molecule has 1 aliphatic heterocycles. The molecule has 4 atom stereocenters. The molecule has 0 aliphatic carbocycles. The summed E-state index contributed by atoms with van der Waals surface area (Å²) in [5.74, 6) is -14.5. The Morgan fingerprint density at radius 1 is 1.26 bits per heavy atom. The van der Waals surface area contributed by atoms with E-state index in [2.05, 4.69) is 10.1 Å². The van der Waals surface area contributed by atoms with Crippen LogP contribution >= 0.6 is 0 Å². The van der Waals surface area contributed by atoms with Crippen molar-refractivity contribution in [3.8, 4) is 5.75 Å². The summed E-state index contributed by atoms with van der Waals surface area (Å²) in [6.45, 7) is 0.792. The molecule has 0 bridgehead atoms. The van der Waals surface area contributed by atoms with E-state index < -0.39 is 70.4 Å². The van der Waals surface area contributed by atoms with Gasteiger partial charge in [0.1, 0.15) is 6.10 Å². The fourth-order valence-electron chi connectivity index (χ4n) is 3.81. The second-order valence-electron chi connectivity index (χ2n) is 7.46. The van der Waals surface area contributed by atoms with Crippen molar-refractivity contribution in [2.24, 2.45) is 11.7 Å². The highest BCUT2D eigenvalue weighted by molar-refractivity contribution is 5.97. The third-order valence-electron chi connectivity index (χ3n) is 5.48. The molecule has 184 valence electrons. The summed E-state index contributed by atoms with van der Waals surface area (Å²) in [6, 6.07) is 3.28. The predicted molar refractivity (Wildman–Crippen MR) is 102 cm³/mol. The van der Waals surface area contributed by atoms with Crippen molar-refractivity contribution in [1.29, 1.82) is 0 Å². The summed E-state index contributed by atoms with van der Waals surface area (Å²) < 4.78 is 93.2. The van der Waals surface area contributed by atoms with E-state index in [0.29, 0.717) is 6.07 Å². The number of halogens is 6. The number of carbonyl (C=O) groups excluding carboxylic acids is 2. The van der Waals surface area contributed by atoms with Crippen LogP contribution in [0, 0.1) is 22.8 Å². The Morgan fingerprint density at radius 2 is 1.91 bits per heavy atom. The third kappa shape index (κ3) is 4.08. The Bertz CT molecular complexity index is 1140. The predicted octanol–water partition coefficient (Wildman–Crippen LogP) is 2.69. The van der Waals surface area contributed by atoms with Crippen molar-refractivity contribution in [3.63, 3.8) is 0 Å². The lowest BCUT2D eigenvalue weighted by Gasteiger charge is -2.27. The number of amides is 2. The molecule has 1 aromatic carbocycles. The molecule has 1 saturated heterocycles. The summed E-state index contributed by atoms with van der Waals surface area (Å²) in [6.07, 6.45) is -7.01. The summed E-state index contributed by atoms with van der Waals surface area (Å²) >= 11 is 0. The van der Waals surface area contributed by atoms with Crippen LogP contribution in [0.25, 0.3) is 0 Å². The lowest BCUT2D eigenvalue weighted by Crippen LogP contribution is -2.46. The van der Waals surface area contributed by atoms with Gasteiger partial charge in [-0.25, -0.2) is 8.78 Å². The number of ether oxygens (including phenoxy) is 2. The maximum atomic E-state index is 15.1. The Hall–Kier alpha value is -3.55. The van der Waals surface area contributed by atoms with Gasteiger partial charge in [0.15, 0.2) is 17.8 Å². The summed E-state index contributed by atoms with van der Waals surface area (Å²) in [4.78, 5) is 24.2. The maximum Gasteiger partial charge on any atom is 0.448 e. The third-order valence-corrected chi connectivity index (χ3v) is 5.48. The van der Waals surface area contributed by atoms with Gasteiger partial charge in [-0.15, -0.1) is 0 Å². The van der Waals surface area contributed by atoms with Crippen LogP contribution < -0.4 is 20.5 Å². The molecule has 0 unspecified atom stereocenters. The molecular formula is C20H17F6N3O5. The molecule has 3 rings (SSSR count). The average molecular weight is 493 g/mol. The Labute approximate surface area is 187 Å². The van der Waals surface area contributed by atoms with E-state index in [0.717, 1.165) is 38.4 Å². The quantitative estimate of drug-likeness (QED) is 0.377. The Kier molecular flexibility index (Phi) is 6.39. The van der Waals surface area contributed by atoms with Crippen LogP contribution in [0.1, 0.15) is 28.9 Å². The zero-order chi connectivity index (χ0) is 25.6. The monoisotopic (exact) mass is 493 g/mol. The van der Waals surface area contributed by atoms with Gasteiger partial charge in [-0.2, -0.15) is 22.3 Å². The number of carbonyl (C=O) groups is 2. The van der Waals surface area contributed by atoms with Crippen LogP contribution in [0.4, 0.5) is 32.0 Å². The first-order valence-electron chi connectivity index (χ1n) is 9.52. The van der Waals surface area contributed by atoms with E-state index in [9.17, 15) is 36.7 Å². The minimum Gasteiger partial charge on any atom is -0.618 e. The number of methoxy groups -OCH3 is 1. The van der Waals surface area contributed by atoms with Gasteiger partial charge < -0.3 is 25.7 Å². The Balaban J connectivity index is 2.08. The van der Waals surface area contributed by atoms with E-state index in [1.54, 1.807) is 0 Å². The number of nitrogens with zero attached hydrogens (tertiary/aromatic N) is 1. The number of hydrogen-bond acceptors (Lipinski definition) is 5. The van der Waals surface area contributed by atoms with Crippen molar-refractivity contribution in [2.45, 2.75) is 31.0 Å². The number of nitrogens with two attached hydrogens (primary N) is 1. The van der Waals surface area contributed by atoms with Crippen molar-refractivity contribution < 1.29 is 50.1 Å². The number of primary amides is 1. The number of alkyl halides is 4. The van der Waals surface area contributed by atoms with Gasteiger partial charge in [0, 0.05) is 29.5 Å². The molecule has 0 saturated carbocycles. The van der Waals surface area contributed by atoms with E-state index in [1.807, 2.05) is 0 Å². The Morgan fingerprint density at radius 3 is 2.47 bits per heavy atom. The number of pyridine rings is 1. The molecule has 34 heavy (non-hydrogen) atoms. The summed E-state index contributed by atoms with van der Waals surface area (Å²) in [5.41, 5.74) is 3.75. The van der Waals surface area contributed by atoms with Gasteiger partial charge in [-0.1, -0.05) is 13.0 Å². The fraction of sp³-hybridized carbons (Fsp3) is 0.350. The highest BCUT2D eigenvalue weighted by Gasteiger charge is 2.70. The van der Waals surface area contributed by atoms with Gasteiger partial charge in [0.25, 0.3) is 11.6 Å². The first kappa shape index (κ1) is 25.1. The molecule has 14 heteroatoms. The van der Waals surface area contributed by atoms with Crippen molar-refractivity contribution >= 4 is 17.5 Å². The van der Waals surface area contributed by atoms with Crippen LogP contribution in [0.3, 0.4) is 0 Å². The lowest BCUT2D eigenvalue weighted by molar-refractivity contribution is -0.607. The van der Waals surface area contributed by atoms with Crippen molar-refractivity contribution in [1.82, 2.24) is 0 Å². The van der Waals surface area contributed by atoms with E-state index in [1.165, 1.54) is 0 Å². The maximum absolute atomic E-state index is 15.1. The van der Waals surface area contributed by atoms with Crippen LogP contribution in [-0.2, 0) is 9.53 Å². The number of aromatic nitrogens is 1. The first-order chi connectivity index (χ1) is 15.7. The van der Waals surface area contributed by atoms with Crippen LogP contribution in [-0.4, -0.2) is 37.1 Å².